The summed E-state index contributed by atoms with van der Waals surface area (Å²) in [5, 5.41) is 3.59. The third-order valence-electron chi connectivity index (χ3n) is 4.76. The van der Waals surface area contributed by atoms with Gasteiger partial charge in [0.05, 0.1) is 17.9 Å². The number of carbonyl (C=O) groups is 3. The van der Waals surface area contributed by atoms with Crippen molar-refractivity contribution in [2.24, 2.45) is 0 Å². The first-order valence-corrected chi connectivity index (χ1v) is 10.6. The Morgan fingerprint density at radius 2 is 2.00 bits per heavy atom. The quantitative estimate of drug-likeness (QED) is 0.685. The molecule has 30 heavy (non-hydrogen) atoms. The molecule has 1 aromatic carbocycles. The maximum atomic E-state index is 12.9. The van der Waals surface area contributed by atoms with Crippen LogP contribution in [0.1, 0.15) is 41.6 Å². The van der Waals surface area contributed by atoms with E-state index in [1.165, 1.54) is 16.2 Å². The fourth-order valence-electron chi connectivity index (χ4n) is 3.17. The summed E-state index contributed by atoms with van der Waals surface area (Å²) in [6.07, 6.45) is 0. The number of ether oxygens (including phenoxy) is 2. The first-order chi connectivity index (χ1) is 14.0. The summed E-state index contributed by atoms with van der Waals surface area (Å²) in [6.45, 7) is 8.65. The van der Waals surface area contributed by atoms with Crippen molar-refractivity contribution in [1.82, 2.24) is 0 Å². The lowest BCUT2D eigenvalue weighted by atomic mass is 10.0. The minimum atomic E-state index is -1.13. The Balaban J connectivity index is 1.88. The number of esters is 1. The lowest BCUT2D eigenvalue weighted by Crippen LogP contribution is -2.54. The van der Waals surface area contributed by atoms with Crippen LogP contribution in [0.3, 0.4) is 0 Å². The van der Waals surface area contributed by atoms with Crippen LogP contribution in [-0.4, -0.2) is 36.5 Å². The van der Waals surface area contributed by atoms with Crippen molar-refractivity contribution < 1.29 is 23.9 Å². The molecule has 0 bridgehead atoms. The van der Waals surface area contributed by atoms with E-state index in [4.69, 9.17) is 21.1 Å². The highest BCUT2D eigenvalue weighted by molar-refractivity contribution is 7.16. The molecule has 0 atom stereocenters. The number of rotatable bonds is 5. The average molecular weight is 451 g/mol. The number of hydrogen-bond donors (Lipinski definition) is 1. The van der Waals surface area contributed by atoms with Crippen molar-refractivity contribution in [3.05, 3.63) is 39.2 Å². The smallest absolute Gasteiger partial charge is 0.341 e. The summed E-state index contributed by atoms with van der Waals surface area (Å²) >= 11 is 7.38. The summed E-state index contributed by atoms with van der Waals surface area (Å²) in [6, 6.07) is 4.91. The van der Waals surface area contributed by atoms with Crippen LogP contribution in [0.4, 0.5) is 10.7 Å². The topological polar surface area (TPSA) is 84.9 Å². The minimum Gasteiger partial charge on any atom is -0.476 e. The zero-order chi connectivity index (χ0) is 22.2. The second kappa shape index (κ2) is 8.28. The fraction of sp³-hybridized carbons (Fsp3) is 0.381. The summed E-state index contributed by atoms with van der Waals surface area (Å²) in [5.41, 5.74) is 0.387. The van der Waals surface area contributed by atoms with Crippen LogP contribution in [0.25, 0.3) is 0 Å². The molecule has 3 rings (SSSR count). The molecule has 2 amide bonds. The average Bonchev–Trinajstić information content (AvgIpc) is 2.93. The molecule has 1 aliphatic rings. The van der Waals surface area contributed by atoms with Gasteiger partial charge < -0.3 is 14.8 Å². The molecule has 160 valence electrons. The summed E-state index contributed by atoms with van der Waals surface area (Å²) in [4.78, 5) is 40.4. The number of fused-ring (bicyclic) bond motifs is 1. The highest BCUT2D eigenvalue weighted by Crippen LogP contribution is 2.39. The van der Waals surface area contributed by atoms with Crippen LogP contribution >= 0.6 is 22.9 Å². The highest BCUT2D eigenvalue weighted by Gasteiger charge is 2.41. The van der Waals surface area contributed by atoms with Gasteiger partial charge in [0, 0.05) is 9.90 Å². The Morgan fingerprint density at radius 1 is 1.30 bits per heavy atom. The predicted octanol–water partition coefficient (Wildman–Crippen LogP) is 4.34. The number of aryl methyl sites for hydroxylation is 1. The Morgan fingerprint density at radius 3 is 2.67 bits per heavy atom. The van der Waals surface area contributed by atoms with Crippen LogP contribution in [0.15, 0.2) is 18.2 Å². The molecule has 0 radical (unpaired) electrons. The number of anilines is 2. The zero-order valence-corrected chi connectivity index (χ0v) is 19.0. The predicted molar refractivity (Wildman–Crippen MR) is 117 cm³/mol. The Bertz CT molecular complexity index is 1030. The van der Waals surface area contributed by atoms with Gasteiger partial charge in [-0.2, -0.15) is 0 Å². The van der Waals surface area contributed by atoms with Crippen molar-refractivity contribution in [3.8, 4) is 5.75 Å². The van der Waals surface area contributed by atoms with Crippen molar-refractivity contribution in [2.75, 3.05) is 23.4 Å². The van der Waals surface area contributed by atoms with Crippen LogP contribution in [0, 0.1) is 13.8 Å². The number of hydrogen-bond acceptors (Lipinski definition) is 6. The van der Waals surface area contributed by atoms with E-state index in [-0.39, 0.29) is 19.1 Å². The SMILES string of the molecule is CCOC(=O)c1c(NC(=O)CN2C(=O)C(C)(C)Oc3ccc(Cl)cc32)sc(C)c1C. The van der Waals surface area contributed by atoms with Gasteiger partial charge in [-0.1, -0.05) is 11.6 Å². The number of amides is 2. The molecule has 2 heterocycles. The molecule has 1 N–H and O–H groups in total. The van der Waals surface area contributed by atoms with E-state index in [0.717, 1.165) is 10.4 Å². The number of nitrogens with one attached hydrogen (secondary N) is 1. The fourth-order valence-corrected chi connectivity index (χ4v) is 4.40. The number of halogens is 1. The van der Waals surface area contributed by atoms with Crippen LogP contribution in [0.2, 0.25) is 5.02 Å². The lowest BCUT2D eigenvalue weighted by Gasteiger charge is -2.38. The van der Waals surface area contributed by atoms with Crippen LogP contribution < -0.4 is 15.0 Å². The molecule has 0 spiro atoms. The van der Waals surface area contributed by atoms with Crippen molar-refractivity contribution in [2.45, 2.75) is 40.2 Å². The summed E-state index contributed by atoms with van der Waals surface area (Å²) in [5.74, 6) is -0.836. The van der Waals surface area contributed by atoms with E-state index < -0.39 is 17.5 Å². The molecule has 0 fully saturated rings. The molecule has 1 aromatic heterocycles. The van der Waals surface area contributed by atoms with E-state index in [1.54, 1.807) is 45.9 Å². The number of thiophene rings is 1. The zero-order valence-electron chi connectivity index (χ0n) is 17.4. The molecule has 0 saturated heterocycles. The molecule has 7 nitrogen and oxygen atoms in total. The van der Waals surface area contributed by atoms with E-state index in [0.29, 0.717) is 27.0 Å². The van der Waals surface area contributed by atoms with Gasteiger partial charge in [0.15, 0.2) is 5.60 Å². The molecular weight excluding hydrogens is 428 g/mol. The highest BCUT2D eigenvalue weighted by atomic mass is 35.5. The summed E-state index contributed by atoms with van der Waals surface area (Å²) < 4.78 is 10.9. The molecule has 0 unspecified atom stereocenters. The third kappa shape index (κ3) is 4.15. The standard InChI is InChI=1S/C21H23ClN2O5S/c1-6-28-19(26)17-11(2)12(3)30-18(17)23-16(25)10-24-14-9-13(22)7-8-15(14)29-21(4,5)20(24)27/h7-9H,6,10H2,1-5H3,(H,23,25). The van der Waals surface area contributed by atoms with Gasteiger partial charge >= 0.3 is 5.97 Å². The second-order valence-corrected chi connectivity index (χ2v) is 9.03. The first kappa shape index (κ1) is 22.1. The van der Waals surface area contributed by atoms with E-state index in [1.807, 2.05) is 6.92 Å². The van der Waals surface area contributed by atoms with Gasteiger partial charge in [-0.05, 0) is 58.4 Å². The Labute approximate surface area is 183 Å². The number of benzene rings is 1. The second-order valence-electron chi connectivity index (χ2n) is 7.37. The largest absolute Gasteiger partial charge is 0.476 e. The van der Waals surface area contributed by atoms with Gasteiger partial charge in [-0.3, -0.25) is 14.5 Å². The Kier molecular flexibility index (Phi) is 6.10. The van der Waals surface area contributed by atoms with E-state index in [2.05, 4.69) is 5.32 Å². The maximum Gasteiger partial charge on any atom is 0.341 e. The van der Waals surface area contributed by atoms with Crippen LogP contribution in [-0.2, 0) is 14.3 Å². The van der Waals surface area contributed by atoms with E-state index in [9.17, 15) is 14.4 Å². The van der Waals surface area contributed by atoms with Crippen molar-refractivity contribution in [3.63, 3.8) is 0 Å². The number of carbonyl (C=O) groups excluding carboxylic acids is 3. The molecule has 1 aliphatic heterocycles. The maximum absolute atomic E-state index is 12.9. The monoisotopic (exact) mass is 450 g/mol. The number of nitrogens with zero attached hydrogens (tertiary/aromatic N) is 1. The van der Waals surface area contributed by atoms with Gasteiger partial charge in [-0.25, -0.2) is 4.79 Å². The summed E-state index contributed by atoms with van der Waals surface area (Å²) in [7, 11) is 0. The van der Waals surface area contributed by atoms with Crippen molar-refractivity contribution >= 4 is 51.4 Å². The lowest BCUT2D eigenvalue weighted by molar-refractivity contribution is -0.133. The minimum absolute atomic E-state index is 0.232. The molecule has 9 heteroatoms. The van der Waals surface area contributed by atoms with Crippen molar-refractivity contribution in [1.29, 1.82) is 0 Å². The Hall–Kier alpha value is -2.58. The van der Waals surface area contributed by atoms with Gasteiger partial charge in [-0.15, -0.1) is 11.3 Å². The van der Waals surface area contributed by atoms with Gasteiger partial charge in [0.25, 0.3) is 5.91 Å². The third-order valence-corrected chi connectivity index (χ3v) is 6.11. The van der Waals surface area contributed by atoms with E-state index >= 15 is 0 Å². The van der Waals surface area contributed by atoms with Gasteiger partial charge in [0.2, 0.25) is 5.91 Å². The van der Waals surface area contributed by atoms with Gasteiger partial charge in [0.1, 0.15) is 17.3 Å². The molecule has 2 aromatic rings. The normalized spacial score (nSPS) is 14.7. The van der Waals surface area contributed by atoms with Crippen LogP contribution in [0.5, 0.6) is 5.75 Å². The molecule has 0 aliphatic carbocycles. The molecular formula is C21H23ClN2O5S. The first-order valence-electron chi connectivity index (χ1n) is 9.42. The molecule has 0 saturated carbocycles.